The first kappa shape index (κ1) is 9.92. The third kappa shape index (κ3) is 2.66. The maximum Gasteiger partial charge on any atom is 0.196 e. The van der Waals surface area contributed by atoms with Gasteiger partial charge in [-0.25, -0.2) is 4.99 Å². The topological polar surface area (TPSA) is 66.5 Å². The van der Waals surface area contributed by atoms with Gasteiger partial charge in [0.05, 0.1) is 5.69 Å². The summed E-state index contributed by atoms with van der Waals surface area (Å²) in [5.74, 6) is 0.586. The molecule has 0 aromatic carbocycles. The number of hydrogen-bond donors (Lipinski definition) is 2. The summed E-state index contributed by atoms with van der Waals surface area (Å²) in [6, 6.07) is 3.68. The van der Waals surface area contributed by atoms with Crippen molar-refractivity contribution in [3.05, 3.63) is 24.5 Å². The van der Waals surface area contributed by atoms with E-state index in [9.17, 15) is 0 Å². The van der Waals surface area contributed by atoms with Crippen molar-refractivity contribution in [2.45, 2.75) is 0 Å². The molecule has 0 aliphatic carbocycles. The van der Waals surface area contributed by atoms with Crippen molar-refractivity contribution in [3.63, 3.8) is 0 Å². The van der Waals surface area contributed by atoms with E-state index in [1.54, 1.807) is 12.4 Å². The van der Waals surface area contributed by atoms with Crippen LogP contribution in [0.2, 0.25) is 0 Å². The number of aliphatic imine (C=N–C) groups is 1. The van der Waals surface area contributed by atoms with Crippen molar-refractivity contribution in [2.75, 3.05) is 26.2 Å². The predicted molar refractivity (Wildman–Crippen MR) is 60.0 cm³/mol. The molecule has 5 nitrogen and oxygen atoms in total. The van der Waals surface area contributed by atoms with Crippen molar-refractivity contribution in [1.29, 1.82) is 0 Å². The molecule has 80 valence electrons. The Morgan fingerprint density at radius 3 is 2.67 bits per heavy atom. The van der Waals surface area contributed by atoms with Crippen LogP contribution >= 0.6 is 0 Å². The summed E-state index contributed by atoms with van der Waals surface area (Å²) in [5, 5.41) is 3.27. The highest BCUT2D eigenvalue weighted by Crippen LogP contribution is 2.08. The van der Waals surface area contributed by atoms with Crippen LogP contribution in [0.4, 0.5) is 5.69 Å². The molecule has 15 heavy (non-hydrogen) atoms. The lowest BCUT2D eigenvalue weighted by Crippen LogP contribution is -2.49. The van der Waals surface area contributed by atoms with Crippen LogP contribution in [-0.4, -0.2) is 42.0 Å². The molecule has 5 heteroatoms. The van der Waals surface area contributed by atoms with Gasteiger partial charge in [-0.3, -0.25) is 4.98 Å². The number of hydrogen-bond acceptors (Lipinski definition) is 3. The summed E-state index contributed by atoms with van der Waals surface area (Å²) in [6.07, 6.45) is 3.42. The Hall–Kier alpha value is -1.62. The highest BCUT2D eigenvalue weighted by atomic mass is 15.3. The van der Waals surface area contributed by atoms with Crippen LogP contribution in [-0.2, 0) is 0 Å². The molecule has 2 heterocycles. The second-order valence-electron chi connectivity index (χ2n) is 3.41. The molecular weight excluding hydrogens is 190 g/mol. The van der Waals surface area contributed by atoms with Crippen molar-refractivity contribution < 1.29 is 0 Å². The molecule has 1 saturated heterocycles. The summed E-state index contributed by atoms with van der Waals surface area (Å²) in [5.41, 5.74) is 6.76. The summed E-state index contributed by atoms with van der Waals surface area (Å²) < 4.78 is 0. The quantitative estimate of drug-likeness (QED) is 0.497. The fraction of sp³-hybridized carbons (Fsp3) is 0.400. The van der Waals surface area contributed by atoms with Crippen molar-refractivity contribution in [1.82, 2.24) is 15.2 Å². The molecule has 3 N–H and O–H groups in total. The first-order valence-corrected chi connectivity index (χ1v) is 5.06. The minimum atomic E-state index is 0.586. The fourth-order valence-corrected chi connectivity index (χ4v) is 1.52. The van der Waals surface area contributed by atoms with Gasteiger partial charge >= 0.3 is 0 Å². The average Bonchev–Trinajstić information content (AvgIpc) is 2.31. The van der Waals surface area contributed by atoms with Gasteiger partial charge in [-0.15, -0.1) is 0 Å². The molecule has 0 saturated carbocycles. The Morgan fingerprint density at radius 2 is 2.00 bits per heavy atom. The van der Waals surface area contributed by atoms with Crippen molar-refractivity contribution in [3.8, 4) is 0 Å². The molecule has 0 atom stereocenters. The zero-order chi connectivity index (χ0) is 10.5. The number of piperazine rings is 1. The molecule has 1 aromatic heterocycles. The lowest BCUT2D eigenvalue weighted by molar-refractivity contribution is 0.354. The van der Waals surface area contributed by atoms with Gasteiger partial charge in [0.15, 0.2) is 5.96 Å². The molecule has 0 bridgehead atoms. The van der Waals surface area contributed by atoms with Gasteiger partial charge in [-0.1, -0.05) is 0 Å². The summed E-state index contributed by atoms with van der Waals surface area (Å²) in [7, 11) is 0. The summed E-state index contributed by atoms with van der Waals surface area (Å²) in [6.45, 7) is 3.76. The van der Waals surface area contributed by atoms with E-state index in [1.165, 1.54) is 0 Å². The van der Waals surface area contributed by atoms with Crippen LogP contribution in [0.25, 0.3) is 0 Å². The number of nitrogens with one attached hydrogen (secondary N) is 1. The van der Waals surface area contributed by atoms with Gasteiger partial charge in [0.25, 0.3) is 0 Å². The van der Waals surface area contributed by atoms with Gasteiger partial charge in [-0.2, -0.15) is 0 Å². The normalized spacial score (nSPS) is 17.9. The Balaban J connectivity index is 2.06. The van der Waals surface area contributed by atoms with Crippen LogP contribution in [0.5, 0.6) is 0 Å². The van der Waals surface area contributed by atoms with Gasteiger partial charge in [-0.05, 0) is 12.1 Å². The highest BCUT2D eigenvalue weighted by Gasteiger charge is 2.10. The van der Waals surface area contributed by atoms with Gasteiger partial charge in [0, 0.05) is 38.6 Å². The van der Waals surface area contributed by atoms with E-state index < -0.39 is 0 Å². The van der Waals surface area contributed by atoms with Crippen LogP contribution in [0, 0.1) is 0 Å². The lowest BCUT2D eigenvalue weighted by Gasteiger charge is -2.28. The van der Waals surface area contributed by atoms with Crippen LogP contribution in [0.3, 0.4) is 0 Å². The third-order valence-corrected chi connectivity index (χ3v) is 2.35. The first-order chi connectivity index (χ1) is 7.36. The molecule has 2 rings (SSSR count). The second-order valence-corrected chi connectivity index (χ2v) is 3.41. The van der Waals surface area contributed by atoms with E-state index in [0.717, 1.165) is 31.9 Å². The molecule has 0 radical (unpaired) electrons. The van der Waals surface area contributed by atoms with Gasteiger partial charge in [0.1, 0.15) is 0 Å². The zero-order valence-electron chi connectivity index (χ0n) is 8.56. The fourth-order valence-electron chi connectivity index (χ4n) is 1.52. The Bertz CT molecular complexity index is 329. The molecule has 1 fully saturated rings. The summed E-state index contributed by atoms with van der Waals surface area (Å²) in [4.78, 5) is 10.3. The van der Waals surface area contributed by atoms with E-state index in [1.807, 2.05) is 12.1 Å². The van der Waals surface area contributed by atoms with Crippen molar-refractivity contribution >= 4 is 11.6 Å². The number of aromatic nitrogens is 1. The number of nitrogens with two attached hydrogens (primary N) is 1. The monoisotopic (exact) mass is 205 g/mol. The molecule has 0 unspecified atom stereocenters. The van der Waals surface area contributed by atoms with Crippen LogP contribution in [0.1, 0.15) is 0 Å². The smallest absolute Gasteiger partial charge is 0.196 e. The van der Waals surface area contributed by atoms with Crippen LogP contribution < -0.4 is 11.1 Å². The number of rotatable bonds is 1. The zero-order valence-corrected chi connectivity index (χ0v) is 8.56. The standard InChI is InChI=1S/C10H15N5/c11-10(15-7-5-13-6-8-15)14-9-1-3-12-4-2-9/h1-4,13H,5-8H2,(H2,11,12,14). The maximum absolute atomic E-state index is 5.91. The maximum atomic E-state index is 5.91. The van der Waals surface area contributed by atoms with Crippen molar-refractivity contribution in [2.24, 2.45) is 10.7 Å². The number of guanidine groups is 1. The minimum absolute atomic E-state index is 0.586. The average molecular weight is 205 g/mol. The van der Waals surface area contributed by atoms with Crippen LogP contribution in [0.15, 0.2) is 29.5 Å². The molecule has 1 aliphatic rings. The second kappa shape index (κ2) is 4.75. The molecular formula is C10H15N5. The SMILES string of the molecule is NC(=Nc1ccncc1)N1CCNCC1. The molecule has 0 amide bonds. The van der Waals surface area contributed by atoms with Gasteiger partial charge < -0.3 is 16.0 Å². The largest absolute Gasteiger partial charge is 0.369 e. The Morgan fingerprint density at radius 1 is 1.33 bits per heavy atom. The van der Waals surface area contributed by atoms with E-state index in [0.29, 0.717) is 5.96 Å². The third-order valence-electron chi connectivity index (χ3n) is 2.35. The van der Waals surface area contributed by atoms with E-state index in [4.69, 9.17) is 5.73 Å². The minimum Gasteiger partial charge on any atom is -0.369 e. The summed E-state index contributed by atoms with van der Waals surface area (Å²) >= 11 is 0. The van der Waals surface area contributed by atoms with E-state index in [2.05, 4.69) is 20.2 Å². The van der Waals surface area contributed by atoms with Gasteiger partial charge in [0.2, 0.25) is 0 Å². The number of pyridine rings is 1. The molecule has 0 spiro atoms. The van der Waals surface area contributed by atoms with E-state index >= 15 is 0 Å². The Labute approximate surface area is 89.0 Å². The molecule has 1 aromatic rings. The highest BCUT2D eigenvalue weighted by molar-refractivity contribution is 5.81. The lowest BCUT2D eigenvalue weighted by atomic mass is 10.4. The molecule has 1 aliphatic heterocycles. The van der Waals surface area contributed by atoms with E-state index in [-0.39, 0.29) is 0 Å². The predicted octanol–water partition coefficient (Wildman–Crippen LogP) is -0.0670. The first-order valence-electron chi connectivity index (χ1n) is 5.06. The Kier molecular flexibility index (Phi) is 3.14. The number of nitrogens with zero attached hydrogens (tertiary/aromatic N) is 3.